The van der Waals surface area contributed by atoms with E-state index in [4.69, 9.17) is 10.7 Å². The third-order valence-corrected chi connectivity index (χ3v) is 2.73. The molecule has 0 saturated carbocycles. The van der Waals surface area contributed by atoms with Crippen LogP contribution in [0.15, 0.2) is 29.2 Å². The van der Waals surface area contributed by atoms with Gasteiger partial charge in [-0.25, -0.2) is 13.2 Å². The molecule has 1 aromatic rings. The van der Waals surface area contributed by atoms with Gasteiger partial charge in [-0.3, -0.25) is 9.78 Å². The maximum Gasteiger partial charge on any atom is 0.352 e. The molecule has 1 rings (SSSR count). The van der Waals surface area contributed by atoms with Crippen LogP contribution in [0.1, 0.15) is 6.92 Å². The predicted octanol–water partition coefficient (Wildman–Crippen LogP) is 1.47. The summed E-state index contributed by atoms with van der Waals surface area (Å²) >= 11 is 0. The zero-order chi connectivity index (χ0) is 11.5. The van der Waals surface area contributed by atoms with Gasteiger partial charge in [-0.15, -0.1) is 0 Å². The van der Waals surface area contributed by atoms with Crippen molar-refractivity contribution >= 4 is 25.7 Å². The number of halogens is 1. The molecule has 5 nitrogen and oxygen atoms in total. The lowest BCUT2D eigenvalue weighted by Gasteiger charge is -2.02. The summed E-state index contributed by atoms with van der Waals surface area (Å²) in [4.78, 5) is 19.1. The molecule has 0 bridgehead atoms. The van der Waals surface area contributed by atoms with E-state index in [-0.39, 0.29) is 10.6 Å². The Morgan fingerprint density at radius 3 is 2.20 bits per heavy atom. The normalized spacial score (nSPS) is 10.8. The number of carbonyl (C=O) groups excluding carboxylic acids is 1. The third-order valence-electron chi connectivity index (χ3n) is 1.36. The van der Waals surface area contributed by atoms with Gasteiger partial charge in [0.2, 0.25) is 0 Å². The molecule has 15 heavy (non-hydrogen) atoms. The Labute approximate surface area is 90.9 Å². The molecular weight excluding hydrogens is 244 g/mol. The van der Waals surface area contributed by atoms with Gasteiger partial charge in [0.25, 0.3) is 9.05 Å². The third kappa shape index (κ3) is 3.77. The summed E-state index contributed by atoms with van der Waals surface area (Å²) in [6.07, 6.45) is 0. The molecule has 82 valence electrons. The molecule has 0 heterocycles. The molecular formula is C8H7ClO5S. The van der Waals surface area contributed by atoms with Crippen molar-refractivity contribution in [3.05, 3.63) is 24.3 Å². The zero-order valence-corrected chi connectivity index (χ0v) is 9.21. The topological polar surface area (TPSA) is 69.7 Å². The van der Waals surface area contributed by atoms with Gasteiger partial charge in [-0.05, 0) is 24.3 Å². The quantitative estimate of drug-likeness (QED) is 0.462. The first-order chi connectivity index (χ1) is 6.89. The second-order valence-electron chi connectivity index (χ2n) is 2.57. The SMILES string of the molecule is CC(=O)OOc1ccc(S(=O)(=O)Cl)cc1. The highest BCUT2D eigenvalue weighted by Gasteiger charge is 2.09. The summed E-state index contributed by atoms with van der Waals surface area (Å²) in [6.45, 7) is 1.18. The summed E-state index contributed by atoms with van der Waals surface area (Å²) in [6, 6.07) is 5.11. The van der Waals surface area contributed by atoms with Crippen molar-refractivity contribution in [1.29, 1.82) is 0 Å². The standard InChI is InChI=1S/C8H7ClO5S/c1-6(10)13-14-7-2-4-8(5-3-7)15(9,11)12/h2-5H,1H3. The number of hydrogen-bond donors (Lipinski definition) is 0. The van der Waals surface area contributed by atoms with Gasteiger partial charge in [0.1, 0.15) is 0 Å². The molecule has 0 aliphatic carbocycles. The van der Waals surface area contributed by atoms with Crippen LogP contribution in [-0.4, -0.2) is 14.4 Å². The van der Waals surface area contributed by atoms with Gasteiger partial charge in [-0.2, -0.15) is 0 Å². The number of rotatable bonds is 3. The van der Waals surface area contributed by atoms with Crippen LogP contribution in [0, 0.1) is 0 Å². The van der Waals surface area contributed by atoms with Crippen molar-refractivity contribution in [2.45, 2.75) is 11.8 Å². The Balaban J connectivity index is 2.77. The number of hydrogen-bond acceptors (Lipinski definition) is 5. The second-order valence-corrected chi connectivity index (χ2v) is 5.13. The highest BCUT2D eigenvalue weighted by atomic mass is 35.7. The van der Waals surface area contributed by atoms with Crippen molar-refractivity contribution in [1.82, 2.24) is 0 Å². The largest absolute Gasteiger partial charge is 0.352 e. The lowest BCUT2D eigenvalue weighted by molar-refractivity contribution is -0.210. The van der Waals surface area contributed by atoms with E-state index in [1.54, 1.807) is 0 Å². The predicted molar refractivity (Wildman–Crippen MR) is 51.9 cm³/mol. The van der Waals surface area contributed by atoms with Crippen LogP contribution in [0.5, 0.6) is 5.75 Å². The van der Waals surface area contributed by atoms with E-state index in [9.17, 15) is 13.2 Å². The van der Waals surface area contributed by atoms with Gasteiger partial charge >= 0.3 is 5.97 Å². The van der Waals surface area contributed by atoms with Gasteiger partial charge in [0.15, 0.2) is 5.75 Å². The molecule has 0 radical (unpaired) electrons. The Morgan fingerprint density at radius 2 is 1.80 bits per heavy atom. The van der Waals surface area contributed by atoms with E-state index in [1.165, 1.54) is 31.2 Å². The molecule has 0 unspecified atom stereocenters. The highest BCUT2D eigenvalue weighted by Crippen LogP contribution is 2.18. The first-order valence-corrected chi connectivity index (χ1v) is 6.10. The molecule has 0 aliphatic heterocycles. The van der Waals surface area contributed by atoms with E-state index in [0.29, 0.717) is 0 Å². The molecule has 0 aliphatic rings. The molecule has 0 aromatic heterocycles. The van der Waals surface area contributed by atoms with E-state index in [0.717, 1.165) is 0 Å². The molecule has 1 aromatic carbocycles. The Morgan fingerprint density at radius 1 is 1.27 bits per heavy atom. The van der Waals surface area contributed by atoms with Crippen LogP contribution >= 0.6 is 10.7 Å². The smallest absolute Gasteiger partial charge is 0.287 e. The second kappa shape index (κ2) is 4.50. The van der Waals surface area contributed by atoms with E-state index in [2.05, 4.69) is 9.78 Å². The molecule has 0 saturated heterocycles. The minimum atomic E-state index is -3.74. The van der Waals surface area contributed by atoms with E-state index >= 15 is 0 Å². The summed E-state index contributed by atoms with van der Waals surface area (Å²) < 4.78 is 21.7. The summed E-state index contributed by atoms with van der Waals surface area (Å²) in [7, 11) is 1.34. The van der Waals surface area contributed by atoms with Crippen LogP contribution in [0.4, 0.5) is 0 Å². The van der Waals surface area contributed by atoms with E-state index in [1.807, 2.05) is 0 Å². The lowest BCUT2D eigenvalue weighted by Crippen LogP contribution is -2.02. The van der Waals surface area contributed by atoms with Crippen LogP contribution in [0.2, 0.25) is 0 Å². The molecule has 0 fully saturated rings. The van der Waals surface area contributed by atoms with Crippen LogP contribution in [-0.2, 0) is 18.7 Å². The summed E-state index contributed by atoms with van der Waals surface area (Å²) in [5.74, 6) is -0.404. The minimum Gasteiger partial charge on any atom is -0.287 e. The Kier molecular flexibility index (Phi) is 3.54. The molecule has 0 atom stereocenters. The molecule has 0 N–H and O–H groups in total. The first kappa shape index (κ1) is 11.8. The fourth-order valence-corrected chi connectivity index (χ4v) is 1.53. The summed E-state index contributed by atoms with van der Waals surface area (Å²) in [5.41, 5.74) is 0. The fourth-order valence-electron chi connectivity index (χ4n) is 0.765. The van der Waals surface area contributed by atoms with Crippen molar-refractivity contribution in [2.24, 2.45) is 0 Å². The van der Waals surface area contributed by atoms with Crippen molar-refractivity contribution < 1.29 is 23.0 Å². The fraction of sp³-hybridized carbons (Fsp3) is 0.125. The molecule has 0 spiro atoms. The number of benzene rings is 1. The monoisotopic (exact) mass is 250 g/mol. The van der Waals surface area contributed by atoms with Crippen LogP contribution < -0.4 is 4.89 Å². The Bertz CT molecular complexity index is 450. The Hall–Kier alpha value is -1.27. The van der Waals surface area contributed by atoms with Crippen LogP contribution in [0.3, 0.4) is 0 Å². The average molecular weight is 251 g/mol. The first-order valence-electron chi connectivity index (χ1n) is 3.79. The maximum atomic E-state index is 10.8. The van der Waals surface area contributed by atoms with Gasteiger partial charge < -0.3 is 0 Å². The van der Waals surface area contributed by atoms with Gasteiger partial charge in [0.05, 0.1) is 4.90 Å². The lowest BCUT2D eigenvalue weighted by atomic mass is 10.3. The van der Waals surface area contributed by atoms with Crippen LogP contribution in [0.25, 0.3) is 0 Å². The average Bonchev–Trinajstić information content (AvgIpc) is 2.14. The van der Waals surface area contributed by atoms with Gasteiger partial charge in [0, 0.05) is 17.6 Å². The molecule has 0 amide bonds. The van der Waals surface area contributed by atoms with Gasteiger partial charge in [-0.1, -0.05) is 0 Å². The van der Waals surface area contributed by atoms with E-state index < -0.39 is 15.0 Å². The zero-order valence-electron chi connectivity index (χ0n) is 7.64. The minimum absolute atomic E-state index is 0.0562. The summed E-state index contributed by atoms with van der Waals surface area (Å²) in [5, 5.41) is 0. The maximum absolute atomic E-state index is 10.8. The van der Waals surface area contributed by atoms with Crippen molar-refractivity contribution in [3.63, 3.8) is 0 Å². The molecule has 7 heteroatoms. The van der Waals surface area contributed by atoms with Crippen molar-refractivity contribution in [3.8, 4) is 5.75 Å². The highest BCUT2D eigenvalue weighted by molar-refractivity contribution is 8.13. The van der Waals surface area contributed by atoms with Crippen molar-refractivity contribution in [2.75, 3.05) is 0 Å². The number of carbonyl (C=O) groups is 1.